The highest BCUT2D eigenvalue weighted by molar-refractivity contribution is 5.20. The molecular formula is C6H14O2. The van der Waals surface area contributed by atoms with E-state index in [1.807, 2.05) is 0 Å². The van der Waals surface area contributed by atoms with Gasteiger partial charge < -0.3 is 0 Å². The molecule has 8 heavy (non-hydrogen) atoms. The van der Waals surface area contributed by atoms with Crippen molar-refractivity contribution in [3.05, 3.63) is 9.93 Å². The van der Waals surface area contributed by atoms with E-state index in [1.54, 1.807) is 6.92 Å². The lowest BCUT2D eigenvalue weighted by Gasteiger charge is -1.42. The smallest absolute Gasteiger partial charge is 0 e. The largest absolute Gasteiger partial charge is 0.106 e. The Labute approximate surface area is 54.0 Å². The van der Waals surface area contributed by atoms with Crippen LogP contribution >= 0.6 is 0 Å². The van der Waals surface area contributed by atoms with Crippen molar-refractivity contribution in [2.24, 2.45) is 0 Å². The maximum Gasteiger partial charge on any atom is 0 e. The summed E-state index contributed by atoms with van der Waals surface area (Å²) in [5, 5.41) is 0. The van der Waals surface area contributed by atoms with Crippen LogP contribution in [0.15, 0.2) is 0 Å². The van der Waals surface area contributed by atoms with E-state index in [4.69, 9.17) is 16.4 Å². The van der Waals surface area contributed by atoms with Crippen molar-refractivity contribution in [1.29, 1.82) is 0 Å². The first-order chi connectivity index (χ1) is 3.41. The second-order valence-electron chi connectivity index (χ2n) is 0.519. The van der Waals surface area contributed by atoms with Crippen molar-refractivity contribution in [3.63, 3.8) is 0 Å². The van der Waals surface area contributed by atoms with Crippen LogP contribution < -0.4 is 0 Å². The molecule has 0 unspecified atom stereocenters. The van der Waals surface area contributed by atoms with Crippen molar-refractivity contribution in [2.75, 3.05) is 0 Å². The zero-order valence-corrected chi connectivity index (χ0v) is 3.89. The fraction of sp³-hybridized carbons (Fsp3) is 0.333. The van der Waals surface area contributed by atoms with Crippen LogP contribution in [0.4, 0.5) is 0 Å². The van der Waals surface area contributed by atoms with Crippen LogP contribution in [0.5, 0.6) is 0 Å². The van der Waals surface area contributed by atoms with Crippen molar-refractivity contribution in [3.8, 4) is 24.2 Å². The van der Waals surface area contributed by atoms with Crippen molar-refractivity contribution >= 4 is 0 Å². The molecule has 0 bridgehead atoms. The summed E-state index contributed by atoms with van der Waals surface area (Å²) >= 11 is 0. The van der Waals surface area contributed by atoms with Crippen LogP contribution in [0.25, 0.3) is 0 Å². The molecule has 0 aromatic rings. The van der Waals surface area contributed by atoms with Crippen LogP contribution in [-0.4, -0.2) is 0 Å². The number of rotatable bonds is 0. The Morgan fingerprint density at radius 3 is 1.88 bits per heavy atom. The van der Waals surface area contributed by atoms with Crippen molar-refractivity contribution in [1.82, 2.24) is 0 Å². The summed E-state index contributed by atoms with van der Waals surface area (Å²) in [6, 6.07) is 0. The van der Waals surface area contributed by atoms with Gasteiger partial charge in [-0.05, 0) is 18.8 Å². The fourth-order valence-corrected chi connectivity index (χ4v) is 0.0722. The topological polar surface area (TPSA) is 34.1 Å². The minimum Gasteiger partial charge on any atom is -0.106 e. The van der Waals surface area contributed by atoms with E-state index in [0.717, 1.165) is 0 Å². The van der Waals surface area contributed by atoms with Gasteiger partial charge in [0, 0.05) is 14.2 Å². The monoisotopic (exact) mass is 118 g/mol. The highest BCUT2D eigenvalue weighted by Gasteiger charge is 1.35. The molecule has 2 nitrogen and oxygen atoms in total. The van der Waals surface area contributed by atoms with Gasteiger partial charge in [0.2, 0.25) is 0 Å². The first-order valence-electron chi connectivity index (χ1n) is 1.46. The average Bonchev–Trinajstić information content (AvgIpc) is 1.75. The van der Waals surface area contributed by atoms with Gasteiger partial charge >= 0.3 is 0 Å². The lowest BCUT2D eigenvalue weighted by atomic mass is 10.6. The molecule has 50 valence electrons. The average molecular weight is 118 g/mol. The summed E-state index contributed by atoms with van der Waals surface area (Å²) in [4.78, 5) is 14.0. The number of terminal acetylenes is 1. The van der Waals surface area contributed by atoms with Crippen LogP contribution in [0.2, 0.25) is 0 Å². The molecule has 0 aliphatic heterocycles. The zero-order chi connectivity index (χ0) is 6.12. The van der Waals surface area contributed by atoms with E-state index in [2.05, 4.69) is 17.8 Å². The molecule has 0 aromatic carbocycles. The molecule has 0 saturated heterocycles. The molecule has 0 spiro atoms. The highest BCUT2D eigenvalue weighted by Crippen LogP contribution is 1.41. The second kappa shape index (κ2) is 43.1. The summed E-state index contributed by atoms with van der Waals surface area (Å²) in [7, 11) is 0. The van der Waals surface area contributed by atoms with Crippen LogP contribution in [-0.2, 0) is 0 Å². The molecule has 0 saturated carbocycles. The molecule has 0 radical (unpaired) electrons. The van der Waals surface area contributed by atoms with Crippen molar-refractivity contribution < 1.29 is 4.28 Å². The van der Waals surface area contributed by atoms with E-state index in [0.29, 0.717) is 0 Å². The second-order valence-corrected chi connectivity index (χ2v) is 0.519. The molecule has 0 atom stereocenters. The van der Waals surface area contributed by atoms with Gasteiger partial charge in [-0.15, -0.1) is 6.42 Å². The lowest BCUT2D eigenvalue weighted by Crippen LogP contribution is -1.36. The summed E-state index contributed by atoms with van der Waals surface area (Å²) in [5.41, 5.74) is 0. The van der Waals surface area contributed by atoms with Crippen molar-refractivity contribution in [2.45, 2.75) is 14.4 Å². The molecular weight excluding hydrogens is 104 g/mol. The third-order valence-electron chi connectivity index (χ3n) is 0.197. The van der Waals surface area contributed by atoms with Gasteiger partial charge in [-0.1, -0.05) is 13.3 Å². The van der Waals surface area contributed by atoms with Gasteiger partial charge in [0.1, 0.15) is 0 Å². The Kier molecular flexibility index (Phi) is 85.5. The first kappa shape index (κ1) is 15.9. The fourth-order valence-electron chi connectivity index (χ4n) is 0.0722. The summed E-state index contributed by atoms with van der Waals surface area (Å²) in [5.74, 6) is 7.08. The van der Waals surface area contributed by atoms with E-state index in [1.165, 1.54) is 0 Å². The van der Waals surface area contributed by atoms with Gasteiger partial charge in [-0.2, -0.15) is 0 Å². The maximum atomic E-state index is 7.00. The molecule has 0 heterocycles. The summed E-state index contributed by atoms with van der Waals surface area (Å²) in [6.45, 7) is 1.71. The predicted octanol–water partition coefficient (Wildman–Crippen LogP) is 2.08. The van der Waals surface area contributed by atoms with E-state index >= 15 is 0 Å². The standard InChI is InChI=1S/C5H4.CH4.O2.3H2/c1-3-5-4-2;;1-2;;;/h1H,2H3;1H4;;3*1H. The van der Waals surface area contributed by atoms with Gasteiger partial charge in [0.25, 0.3) is 0 Å². The first-order valence-corrected chi connectivity index (χ1v) is 1.46. The lowest BCUT2D eigenvalue weighted by molar-refractivity contribution is 1.92. The number of hydrogen-bond acceptors (Lipinski definition) is 2. The Hall–Kier alpha value is -1.28. The van der Waals surface area contributed by atoms with Crippen LogP contribution in [0.1, 0.15) is 18.6 Å². The summed E-state index contributed by atoms with van der Waals surface area (Å²) < 4.78 is 0. The third-order valence-corrected chi connectivity index (χ3v) is 0.197. The van der Waals surface area contributed by atoms with Crippen LogP contribution in [0, 0.1) is 34.1 Å². The van der Waals surface area contributed by atoms with Gasteiger partial charge in [0.05, 0.1) is 0 Å². The molecule has 0 aliphatic carbocycles. The Morgan fingerprint density at radius 2 is 1.88 bits per heavy atom. The van der Waals surface area contributed by atoms with E-state index < -0.39 is 0 Å². The van der Waals surface area contributed by atoms with Gasteiger partial charge in [0.15, 0.2) is 0 Å². The van der Waals surface area contributed by atoms with Gasteiger partial charge in [-0.3, -0.25) is 0 Å². The molecule has 2 heteroatoms. The third kappa shape index (κ3) is 126. The maximum absolute atomic E-state index is 7.00. The molecule has 0 aromatic heterocycles. The Balaban J connectivity index is -0.00000000972. The highest BCUT2D eigenvalue weighted by atomic mass is 16.7. The number of hydrogen-bond donors (Lipinski definition) is 0. The molecule has 0 N–H and O–H groups in total. The Morgan fingerprint density at radius 1 is 1.50 bits per heavy atom. The molecule has 0 aliphatic rings. The summed E-state index contributed by atoms with van der Waals surface area (Å²) in [6.07, 6.45) is 4.72. The minimum atomic E-state index is 0. The Bertz CT molecular complexity index is 120. The minimum absolute atomic E-state index is 0. The molecule has 0 amide bonds. The quantitative estimate of drug-likeness (QED) is 0.456. The predicted molar refractivity (Wildman–Crippen MR) is 42.1 cm³/mol. The van der Waals surface area contributed by atoms with E-state index in [9.17, 15) is 0 Å². The van der Waals surface area contributed by atoms with Gasteiger partial charge in [-0.25, -0.2) is 0 Å². The SMILES string of the molecule is C.C#CC#CC.O=O.[HH].[HH].[HH]. The van der Waals surface area contributed by atoms with Crippen LogP contribution in [0.3, 0.4) is 0 Å². The normalized spacial score (nSPS) is 2.50. The zero-order valence-electron chi connectivity index (χ0n) is 3.89. The molecule has 0 fully saturated rings. The van der Waals surface area contributed by atoms with E-state index in [-0.39, 0.29) is 11.7 Å². The molecule has 0 rings (SSSR count).